The molecule has 65 heavy (non-hydrogen) atoms. The smallest absolute Gasteiger partial charge is 0.550 e. The third-order valence-electron chi connectivity index (χ3n) is 14.0. The number of carbonyl (C=O) groups excluding carboxylic acids is 2. The van der Waals surface area contributed by atoms with Crippen LogP contribution < -0.4 is 10.2 Å². The molecule has 0 saturated carbocycles. The summed E-state index contributed by atoms with van der Waals surface area (Å²) in [6.45, 7) is 17.6. The van der Waals surface area contributed by atoms with Gasteiger partial charge in [-0.3, -0.25) is 0 Å². The molecule has 0 aromatic carbocycles. The Morgan fingerprint density at radius 1 is 0.292 bits per heavy atom. The third-order valence-corrected chi connectivity index (χ3v) is 14.0. The molecule has 0 aromatic rings. The van der Waals surface area contributed by atoms with Gasteiger partial charge in [-0.15, -0.1) is 0 Å². The second-order valence-electron chi connectivity index (χ2n) is 20.1. The van der Waals surface area contributed by atoms with Gasteiger partial charge in [0.25, 0.3) is 0 Å². The quantitative estimate of drug-likeness (QED) is 0.0446. The molecule has 0 aromatic heterocycles. The maximum absolute atomic E-state index is 11.2. The van der Waals surface area contributed by atoms with Crippen LogP contribution in [0, 0.1) is 0 Å². The predicted molar refractivity (Wildman–Crippen MR) is 284 cm³/mol. The Hall–Kier alpha value is 0.120. The summed E-state index contributed by atoms with van der Waals surface area (Å²) in [6, 6.07) is 0.300. The monoisotopic (exact) mass is 945 g/mol. The molecule has 0 amide bonds. The topological polar surface area (TPSA) is 86.7 Å². The second kappa shape index (κ2) is 58.4. The zero-order valence-corrected chi connectivity index (χ0v) is 47.5. The minimum Gasteiger partial charge on any atom is -0.550 e. The molecular weight excluding hydrogens is 829 g/mol. The van der Waals surface area contributed by atoms with Gasteiger partial charge in [0, 0.05) is 36.9 Å². The number of carbonyl (C=O) groups is 2. The largest absolute Gasteiger partial charge is 2.00 e. The first-order valence-corrected chi connectivity index (χ1v) is 29.2. The van der Waals surface area contributed by atoms with Gasteiger partial charge in [-0.25, -0.2) is 0 Å². The number of nitrogens with zero attached hydrogens (tertiary/aromatic N) is 2. The summed E-state index contributed by atoms with van der Waals surface area (Å²) >= 11 is 0. The number of rotatable bonds is 52. The van der Waals surface area contributed by atoms with E-state index in [0.717, 1.165) is 39.0 Å². The molecule has 7 heteroatoms. The van der Waals surface area contributed by atoms with Crippen LogP contribution in [0.3, 0.4) is 0 Å². The summed E-state index contributed by atoms with van der Waals surface area (Å²) in [5.74, 6) is -1.79. The molecule has 0 bridgehead atoms. The van der Waals surface area contributed by atoms with E-state index < -0.39 is 11.9 Å². The Balaban J connectivity index is -0.00000116. The van der Waals surface area contributed by atoms with Crippen LogP contribution >= 0.6 is 0 Å². The first-order chi connectivity index (χ1) is 31.3. The maximum Gasteiger partial charge on any atom is 2.00 e. The van der Waals surface area contributed by atoms with E-state index in [4.69, 9.17) is 0 Å². The van der Waals surface area contributed by atoms with Crippen molar-refractivity contribution >= 4 is 49.7 Å². The van der Waals surface area contributed by atoms with E-state index in [-0.39, 0.29) is 62.7 Å². The van der Waals surface area contributed by atoms with Gasteiger partial charge < -0.3 is 29.6 Å². The summed E-state index contributed by atoms with van der Waals surface area (Å²) in [5, 5.41) is 22.4. The molecule has 384 valence electrons. The van der Waals surface area contributed by atoms with Crippen molar-refractivity contribution in [3.05, 3.63) is 0 Å². The van der Waals surface area contributed by atoms with Gasteiger partial charge in [0.2, 0.25) is 0 Å². The molecular formula is C58H116CaN2O4. The van der Waals surface area contributed by atoms with Gasteiger partial charge >= 0.3 is 37.7 Å². The molecule has 0 N–H and O–H groups in total. The molecule has 6 nitrogen and oxygen atoms in total. The van der Waals surface area contributed by atoms with Crippen LogP contribution in [-0.4, -0.2) is 97.7 Å². The van der Waals surface area contributed by atoms with Gasteiger partial charge in [-0.05, 0) is 64.7 Å². The van der Waals surface area contributed by atoms with Gasteiger partial charge in [-0.2, -0.15) is 0 Å². The van der Waals surface area contributed by atoms with Crippen molar-refractivity contribution < 1.29 is 19.8 Å². The molecule has 2 atom stereocenters. The second-order valence-corrected chi connectivity index (χ2v) is 20.1. The van der Waals surface area contributed by atoms with Crippen LogP contribution in [0.25, 0.3) is 0 Å². The van der Waals surface area contributed by atoms with Crippen LogP contribution in [0.4, 0.5) is 0 Å². The number of hydrogen-bond acceptors (Lipinski definition) is 6. The van der Waals surface area contributed by atoms with Gasteiger partial charge in [0.05, 0.1) is 0 Å². The molecule has 0 radical (unpaired) electrons. The van der Waals surface area contributed by atoms with Crippen molar-refractivity contribution in [2.45, 2.75) is 336 Å². The van der Waals surface area contributed by atoms with Crippen molar-refractivity contribution in [1.29, 1.82) is 0 Å². The summed E-state index contributed by atoms with van der Waals surface area (Å²) < 4.78 is 0. The number of hydrogen-bond donors (Lipinski definition) is 0. The Kier molecular flexibility index (Phi) is 62.4. The number of aliphatic carboxylic acids is 2. The fraction of sp³-hybridized carbons (Fsp3) is 0.966. The van der Waals surface area contributed by atoms with E-state index in [1.165, 1.54) is 257 Å². The minimum absolute atomic E-state index is 0. The van der Waals surface area contributed by atoms with E-state index in [9.17, 15) is 19.8 Å². The van der Waals surface area contributed by atoms with Crippen molar-refractivity contribution in [1.82, 2.24) is 9.80 Å². The van der Waals surface area contributed by atoms with Gasteiger partial charge in [-0.1, -0.05) is 273 Å². The van der Waals surface area contributed by atoms with Gasteiger partial charge in [0.15, 0.2) is 0 Å². The Bertz CT molecular complexity index is 802. The molecule has 0 fully saturated rings. The van der Waals surface area contributed by atoms with Crippen molar-refractivity contribution in [2.75, 3.05) is 26.2 Å². The summed E-state index contributed by atoms with van der Waals surface area (Å²) in [5.41, 5.74) is 0. The zero-order valence-electron chi connectivity index (χ0n) is 45.3. The Morgan fingerprint density at radius 3 is 0.585 bits per heavy atom. The summed E-state index contributed by atoms with van der Waals surface area (Å²) in [7, 11) is 0. The fourth-order valence-corrected chi connectivity index (χ4v) is 9.61. The first kappa shape index (κ1) is 69.4. The number of carboxylic acids is 2. The predicted octanol–water partition coefficient (Wildman–Crippen LogP) is 15.7. The number of unbranched alkanes of at least 4 members (excludes halogenated alkanes) is 36. The summed E-state index contributed by atoms with van der Waals surface area (Å²) in [6.07, 6.45) is 56.1. The molecule has 0 spiro atoms. The average Bonchev–Trinajstić information content (AvgIpc) is 3.28. The van der Waals surface area contributed by atoms with Crippen molar-refractivity contribution in [3.8, 4) is 0 Å². The fourth-order valence-electron chi connectivity index (χ4n) is 9.61. The van der Waals surface area contributed by atoms with Crippen molar-refractivity contribution in [3.63, 3.8) is 0 Å². The molecule has 0 aliphatic heterocycles. The van der Waals surface area contributed by atoms with E-state index in [2.05, 4.69) is 51.3 Å². The third kappa shape index (κ3) is 53.3. The molecule has 0 saturated heterocycles. The standard InChI is InChI=1S/2C29H59NO2.Ca/c2*1-4-7-9-11-13-15-17-19-21-23-25-30(28(6-3)27-29(31)32)26-24-22-20-18-16-14-12-10-8-5-2;/h2*28H,4-27H2,1-3H3,(H,31,32);/q;;+2/p-2. The molecule has 0 aliphatic carbocycles. The van der Waals surface area contributed by atoms with Crippen LogP contribution in [0.5, 0.6) is 0 Å². The Morgan fingerprint density at radius 2 is 0.446 bits per heavy atom. The van der Waals surface area contributed by atoms with E-state index in [1.54, 1.807) is 0 Å². The summed E-state index contributed by atoms with van der Waals surface area (Å²) in [4.78, 5) is 27.4. The average molecular weight is 946 g/mol. The molecule has 0 aliphatic rings. The van der Waals surface area contributed by atoms with Crippen LogP contribution in [0.15, 0.2) is 0 Å². The minimum atomic E-state index is -0.895. The van der Waals surface area contributed by atoms with Gasteiger partial charge in [0.1, 0.15) is 0 Å². The SMILES string of the molecule is CCCCCCCCCCCCN(CCCCCCCCCCCC)C(CC)CC(=O)[O-].CCCCCCCCCCCCN(CCCCCCCCCCCC)C(CC)CC(=O)[O-].[Ca+2]. The molecule has 0 heterocycles. The molecule has 2 unspecified atom stereocenters. The van der Waals surface area contributed by atoms with E-state index >= 15 is 0 Å². The normalized spacial score (nSPS) is 12.3. The Labute approximate surface area is 438 Å². The van der Waals surface area contributed by atoms with Crippen LogP contribution in [-0.2, 0) is 9.59 Å². The van der Waals surface area contributed by atoms with Crippen LogP contribution in [0.2, 0.25) is 0 Å². The van der Waals surface area contributed by atoms with E-state index in [0.29, 0.717) is 0 Å². The van der Waals surface area contributed by atoms with Crippen LogP contribution in [0.1, 0.15) is 324 Å². The zero-order chi connectivity index (χ0) is 47.4. The van der Waals surface area contributed by atoms with Crippen molar-refractivity contribution in [2.24, 2.45) is 0 Å². The van der Waals surface area contributed by atoms with E-state index in [1.807, 2.05) is 0 Å². The maximum atomic E-state index is 11.2. The molecule has 0 rings (SSSR count). The number of carboxylic acid groups (broad SMARTS) is 2. The first-order valence-electron chi connectivity index (χ1n) is 29.2.